The van der Waals surface area contributed by atoms with Crippen LogP contribution < -0.4 is 15.4 Å². The molecule has 0 saturated heterocycles. The van der Waals surface area contributed by atoms with Crippen molar-refractivity contribution in [3.8, 4) is 11.5 Å². The van der Waals surface area contributed by atoms with E-state index in [1.807, 2.05) is 0 Å². The number of para-hydroxylation sites is 1. The number of nitrogens with zero attached hydrogens (tertiary/aromatic N) is 2. The minimum atomic E-state index is -0.763. The first-order valence-corrected chi connectivity index (χ1v) is 8.51. The molecule has 0 aliphatic rings. The van der Waals surface area contributed by atoms with E-state index in [4.69, 9.17) is 9.15 Å². The molecule has 9 heteroatoms. The van der Waals surface area contributed by atoms with Gasteiger partial charge in [-0.25, -0.2) is 8.78 Å². The van der Waals surface area contributed by atoms with Crippen molar-refractivity contribution in [2.45, 2.75) is 0 Å². The molecule has 29 heavy (non-hydrogen) atoms. The first kappa shape index (κ1) is 18.4. The quantitative estimate of drug-likeness (QED) is 0.520. The van der Waals surface area contributed by atoms with Gasteiger partial charge in [0.2, 0.25) is 0 Å². The van der Waals surface area contributed by atoms with Gasteiger partial charge in [0, 0.05) is 25.4 Å². The summed E-state index contributed by atoms with van der Waals surface area (Å²) in [7, 11) is 1.51. The largest absolute Gasteiger partial charge is 0.457 e. The van der Waals surface area contributed by atoms with Gasteiger partial charge in [-0.05, 0) is 30.3 Å². The molecule has 2 heterocycles. The summed E-state index contributed by atoms with van der Waals surface area (Å²) in [5.74, 6) is -1.02. The molecule has 0 aliphatic heterocycles. The molecule has 0 radical (unpaired) electrons. The summed E-state index contributed by atoms with van der Waals surface area (Å²) in [4.78, 5) is 19.8. The maximum atomic E-state index is 13.8. The average Bonchev–Trinajstić information content (AvgIpc) is 3.12. The van der Waals surface area contributed by atoms with Crippen LogP contribution in [0, 0.1) is 11.6 Å². The molecule has 0 aliphatic carbocycles. The Balaban J connectivity index is 1.58. The maximum absolute atomic E-state index is 13.8. The Labute approximate surface area is 163 Å². The SMILES string of the molecule is CNC(=O)c1cc(Oc2ccc3oc(Nc4c(F)cccc4F)nc3c2)ccn1. The van der Waals surface area contributed by atoms with E-state index < -0.39 is 11.6 Å². The smallest absolute Gasteiger partial charge is 0.300 e. The monoisotopic (exact) mass is 396 g/mol. The third kappa shape index (κ3) is 3.84. The Kier molecular flexibility index (Phi) is 4.78. The van der Waals surface area contributed by atoms with Gasteiger partial charge in [0.25, 0.3) is 11.9 Å². The minimum absolute atomic E-state index is 0.0630. The van der Waals surface area contributed by atoms with Crippen molar-refractivity contribution in [2.24, 2.45) is 0 Å². The van der Waals surface area contributed by atoms with Crippen molar-refractivity contribution in [1.29, 1.82) is 0 Å². The number of anilines is 2. The lowest BCUT2D eigenvalue weighted by atomic mass is 10.3. The van der Waals surface area contributed by atoms with Crippen LogP contribution in [0.4, 0.5) is 20.5 Å². The molecular weight excluding hydrogens is 382 g/mol. The number of benzene rings is 2. The number of aromatic nitrogens is 2. The van der Waals surface area contributed by atoms with Crippen LogP contribution in [0.1, 0.15) is 10.5 Å². The number of halogens is 2. The number of carbonyl (C=O) groups excluding carboxylic acids is 1. The van der Waals surface area contributed by atoms with Gasteiger partial charge in [-0.15, -0.1) is 0 Å². The molecule has 0 fully saturated rings. The standard InChI is InChI=1S/C20H14F2N4O3/c1-23-19(27)16-10-12(7-8-24-16)28-11-5-6-17-15(9-11)25-20(29-17)26-18-13(21)3-2-4-14(18)22/h2-10H,1H3,(H,23,27)(H,25,26). The van der Waals surface area contributed by atoms with Crippen LogP contribution in [0.2, 0.25) is 0 Å². The second kappa shape index (κ2) is 7.55. The molecule has 0 saturated carbocycles. The van der Waals surface area contributed by atoms with Gasteiger partial charge >= 0.3 is 0 Å². The van der Waals surface area contributed by atoms with E-state index in [0.29, 0.717) is 22.6 Å². The second-order valence-electron chi connectivity index (χ2n) is 5.93. The van der Waals surface area contributed by atoms with Crippen molar-refractivity contribution in [2.75, 3.05) is 12.4 Å². The van der Waals surface area contributed by atoms with Crippen LogP contribution in [0.3, 0.4) is 0 Å². The average molecular weight is 396 g/mol. The third-order valence-corrected chi connectivity index (χ3v) is 3.98. The second-order valence-corrected chi connectivity index (χ2v) is 5.93. The molecular formula is C20H14F2N4O3. The number of ether oxygens (including phenoxy) is 1. The summed E-state index contributed by atoms with van der Waals surface area (Å²) >= 11 is 0. The molecule has 2 N–H and O–H groups in total. The van der Waals surface area contributed by atoms with Gasteiger partial charge in [-0.3, -0.25) is 9.78 Å². The highest BCUT2D eigenvalue weighted by Crippen LogP contribution is 2.29. The third-order valence-electron chi connectivity index (χ3n) is 3.98. The number of pyridine rings is 1. The van der Waals surface area contributed by atoms with Crippen molar-refractivity contribution < 1.29 is 22.7 Å². The lowest BCUT2D eigenvalue weighted by Gasteiger charge is -2.06. The van der Waals surface area contributed by atoms with Gasteiger partial charge in [0.15, 0.2) is 5.58 Å². The van der Waals surface area contributed by atoms with E-state index in [-0.39, 0.29) is 23.3 Å². The predicted octanol–water partition coefficient (Wildman–Crippen LogP) is 4.40. The van der Waals surface area contributed by atoms with E-state index in [2.05, 4.69) is 20.6 Å². The highest BCUT2D eigenvalue weighted by atomic mass is 19.1. The molecule has 0 spiro atoms. The molecule has 146 valence electrons. The summed E-state index contributed by atoms with van der Waals surface area (Å²) in [6.45, 7) is 0. The fraction of sp³-hybridized carbons (Fsp3) is 0.0500. The van der Waals surface area contributed by atoms with Crippen LogP contribution in [0.15, 0.2) is 59.1 Å². The zero-order valence-electron chi connectivity index (χ0n) is 15.1. The molecule has 2 aromatic carbocycles. The Morgan fingerprint density at radius 1 is 1.07 bits per heavy atom. The van der Waals surface area contributed by atoms with E-state index in [9.17, 15) is 13.6 Å². The fourth-order valence-electron chi connectivity index (χ4n) is 2.61. The number of rotatable bonds is 5. The van der Waals surface area contributed by atoms with Gasteiger partial charge < -0.3 is 19.8 Å². The van der Waals surface area contributed by atoms with Crippen LogP contribution >= 0.6 is 0 Å². The number of hydrogen-bond donors (Lipinski definition) is 2. The number of amides is 1. The normalized spacial score (nSPS) is 10.7. The molecule has 7 nitrogen and oxygen atoms in total. The number of carbonyl (C=O) groups is 1. The van der Waals surface area contributed by atoms with Crippen molar-refractivity contribution in [3.05, 3.63) is 72.1 Å². The summed E-state index contributed by atoms with van der Waals surface area (Å²) in [6, 6.07) is 11.4. The maximum Gasteiger partial charge on any atom is 0.300 e. The van der Waals surface area contributed by atoms with Gasteiger partial charge in [-0.1, -0.05) is 6.07 Å². The van der Waals surface area contributed by atoms with Crippen molar-refractivity contribution in [1.82, 2.24) is 15.3 Å². The zero-order chi connectivity index (χ0) is 20.4. The topological polar surface area (TPSA) is 89.3 Å². The molecule has 1 amide bonds. The Morgan fingerprint density at radius 3 is 2.59 bits per heavy atom. The Bertz CT molecular complexity index is 1190. The summed E-state index contributed by atoms with van der Waals surface area (Å²) < 4.78 is 38.8. The van der Waals surface area contributed by atoms with E-state index in [1.165, 1.54) is 25.4 Å². The summed E-state index contributed by atoms with van der Waals surface area (Å²) in [5, 5.41) is 4.99. The van der Waals surface area contributed by atoms with E-state index in [0.717, 1.165) is 12.1 Å². The van der Waals surface area contributed by atoms with Crippen LogP contribution in [0.25, 0.3) is 11.1 Å². The molecule has 4 rings (SSSR count). The van der Waals surface area contributed by atoms with Gasteiger partial charge in [0.1, 0.15) is 40.0 Å². The van der Waals surface area contributed by atoms with Gasteiger partial charge in [-0.2, -0.15) is 4.98 Å². The van der Waals surface area contributed by atoms with Gasteiger partial charge in [0.05, 0.1) is 0 Å². The lowest BCUT2D eigenvalue weighted by molar-refractivity contribution is 0.0958. The number of hydrogen-bond acceptors (Lipinski definition) is 6. The van der Waals surface area contributed by atoms with E-state index >= 15 is 0 Å². The number of oxazole rings is 1. The first-order chi connectivity index (χ1) is 14.0. The van der Waals surface area contributed by atoms with Crippen LogP contribution in [-0.4, -0.2) is 22.9 Å². The first-order valence-electron chi connectivity index (χ1n) is 8.51. The number of fused-ring (bicyclic) bond motifs is 1. The molecule has 0 atom stereocenters. The predicted molar refractivity (Wildman–Crippen MR) is 101 cm³/mol. The molecule has 0 unspecified atom stereocenters. The number of nitrogens with one attached hydrogen (secondary N) is 2. The van der Waals surface area contributed by atoms with Crippen molar-refractivity contribution in [3.63, 3.8) is 0 Å². The lowest BCUT2D eigenvalue weighted by Crippen LogP contribution is -2.18. The zero-order valence-corrected chi connectivity index (χ0v) is 15.1. The molecule has 4 aromatic rings. The minimum Gasteiger partial charge on any atom is -0.457 e. The van der Waals surface area contributed by atoms with E-state index in [1.54, 1.807) is 24.3 Å². The fourth-order valence-corrected chi connectivity index (χ4v) is 2.61. The Morgan fingerprint density at radius 2 is 1.83 bits per heavy atom. The van der Waals surface area contributed by atoms with Crippen molar-refractivity contribution >= 4 is 28.7 Å². The summed E-state index contributed by atoms with van der Waals surface area (Å²) in [6.07, 6.45) is 1.46. The Hall–Kier alpha value is -4.01. The molecule has 2 aromatic heterocycles. The van der Waals surface area contributed by atoms with Crippen LogP contribution in [-0.2, 0) is 0 Å². The highest BCUT2D eigenvalue weighted by molar-refractivity contribution is 5.92. The summed E-state index contributed by atoms with van der Waals surface area (Å²) in [5.41, 5.74) is 0.680. The molecule has 0 bridgehead atoms. The highest BCUT2D eigenvalue weighted by Gasteiger charge is 2.13. The van der Waals surface area contributed by atoms with Crippen LogP contribution in [0.5, 0.6) is 11.5 Å².